The van der Waals surface area contributed by atoms with Crippen LogP contribution in [0.3, 0.4) is 0 Å². The molecule has 0 radical (unpaired) electrons. The molecule has 0 saturated carbocycles. The quantitative estimate of drug-likeness (QED) is 0.244. The Morgan fingerprint density at radius 3 is 1.29 bits per heavy atom. The normalized spacial score (nSPS) is 17.2. The Labute approximate surface area is 202 Å². The first-order chi connectivity index (χ1) is 15.4. The van der Waals surface area contributed by atoms with E-state index in [9.17, 15) is 43.5 Å². The average Bonchev–Trinajstić information content (AvgIpc) is 2.86. The summed E-state index contributed by atoms with van der Waals surface area (Å²) in [4.78, 5) is 0. The number of rotatable bonds is 2. The second kappa shape index (κ2) is 8.04. The maximum absolute atomic E-state index is 15.0. The van der Waals surface area contributed by atoms with Gasteiger partial charge in [0.15, 0.2) is 0 Å². The first-order valence-electron chi connectivity index (χ1n) is 10.1. The van der Waals surface area contributed by atoms with Gasteiger partial charge < -0.3 is 0 Å². The zero-order valence-corrected chi connectivity index (χ0v) is 22.5. The molecular weight excluding hydrogens is 624 g/mol. The SMILES string of the molecule is CC(C)(C)c1cc2c(cc1F)-c1cc(F)c(C(C)(C)C)cc1[Te]2(OS(=O)(=O)C(F)(F)F)C(F)(F)F. The molecule has 1 heterocycles. The van der Waals surface area contributed by atoms with Crippen molar-refractivity contribution in [3.63, 3.8) is 0 Å². The van der Waals surface area contributed by atoms with Crippen molar-refractivity contribution < 1.29 is 46.1 Å². The molecule has 0 fully saturated rings. The molecule has 2 aromatic carbocycles. The molecule has 0 atom stereocenters. The summed E-state index contributed by atoms with van der Waals surface area (Å²) in [5.74, 6) is -1.94. The van der Waals surface area contributed by atoms with Crippen LogP contribution < -0.4 is 7.22 Å². The third-order valence-corrected chi connectivity index (χ3v) is 17.0. The van der Waals surface area contributed by atoms with Crippen molar-refractivity contribution in [2.75, 3.05) is 0 Å². The van der Waals surface area contributed by atoms with Crippen molar-refractivity contribution in [3.8, 4) is 11.1 Å². The van der Waals surface area contributed by atoms with Gasteiger partial charge in [-0.1, -0.05) is 0 Å². The molecule has 1 aliphatic heterocycles. The van der Waals surface area contributed by atoms with Crippen LogP contribution in [0, 0.1) is 11.6 Å². The molecule has 0 unspecified atom stereocenters. The van der Waals surface area contributed by atoms with Crippen molar-refractivity contribution in [2.24, 2.45) is 0 Å². The first kappa shape index (κ1) is 28.2. The Balaban J connectivity index is 2.59. The van der Waals surface area contributed by atoms with Crippen molar-refractivity contribution in [1.82, 2.24) is 0 Å². The Hall–Kier alpha value is -1.42. The van der Waals surface area contributed by atoms with Crippen molar-refractivity contribution in [2.45, 2.75) is 62.1 Å². The monoisotopic (exact) mass is 648 g/mol. The van der Waals surface area contributed by atoms with Gasteiger partial charge in [0.25, 0.3) is 0 Å². The summed E-state index contributed by atoms with van der Waals surface area (Å²) in [6.07, 6.45) is 0. The minimum atomic E-state index is -7.11. The molecule has 3 nitrogen and oxygen atoms in total. The molecule has 2 aromatic rings. The standard InChI is InChI=1S/C22H22F8O3STe/c1-19(2,3)13-9-17-11(7-15(13)23)12-8-16(24)14(20(4,5)6)10-18(12)35(17,22(28,29)30)33-34(31,32)21(25,26)27/h7-10H,1-6H3. The van der Waals surface area contributed by atoms with Gasteiger partial charge in [0.05, 0.1) is 0 Å². The zero-order valence-electron chi connectivity index (χ0n) is 19.4. The summed E-state index contributed by atoms with van der Waals surface area (Å²) in [5, 5.41) is 0. The van der Waals surface area contributed by atoms with Crippen LogP contribution in [0.1, 0.15) is 52.7 Å². The fourth-order valence-corrected chi connectivity index (χ4v) is 15.7. The molecule has 0 aromatic heterocycles. The van der Waals surface area contributed by atoms with Gasteiger partial charge in [-0.25, -0.2) is 0 Å². The van der Waals surface area contributed by atoms with Gasteiger partial charge in [-0.3, -0.25) is 0 Å². The molecule has 1 aliphatic rings. The summed E-state index contributed by atoms with van der Waals surface area (Å²) in [6.45, 7) is 8.79. The van der Waals surface area contributed by atoms with E-state index in [-0.39, 0.29) is 11.1 Å². The molecule has 0 aliphatic carbocycles. The van der Waals surface area contributed by atoms with Crippen LogP contribution in [0.2, 0.25) is 0 Å². The van der Waals surface area contributed by atoms with Gasteiger partial charge in [-0.15, -0.1) is 0 Å². The predicted octanol–water partition coefficient (Wildman–Crippen LogP) is 5.57. The molecular formula is C22H22F8O3STe. The Kier molecular flexibility index (Phi) is 6.47. The van der Waals surface area contributed by atoms with Crippen LogP contribution in [-0.4, -0.2) is 36.7 Å². The topological polar surface area (TPSA) is 43.4 Å². The van der Waals surface area contributed by atoms with E-state index >= 15 is 0 Å². The number of benzene rings is 2. The van der Waals surface area contributed by atoms with Crippen molar-refractivity contribution in [1.29, 1.82) is 0 Å². The van der Waals surface area contributed by atoms with E-state index in [4.69, 9.17) is 0 Å². The van der Waals surface area contributed by atoms with Gasteiger partial charge in [0, 0.05) is 0 Å². The first-order valence-corrected chi connectivity index (χ1v) is 15.9. The van der Waals surface area contributed by atoms with Crippen LogP contribution >= 0.6 is 0 Å². The molecule has 0 spiro atoms. The number of hydrogen-bond donors (Lipinski definition) is 0. The van der Waals surface area contributed by atoms with Crippen LogP contribution in [0.5, 0.6) is 0 Å². The summed E-state index contributed by atoms with van der Waals surface area (Å²) >= 11 is -7.11. The number of alkyl halides is 6. The fraction of sp³-hybridized carbons (Fsp3) is 0.455. The molecule has 3 rings (SSSR count). The predicted molar refractivity (Wildman–Crippen MR) is 116 cm³/mol. The third-order valence-electron chi connectivity index (χ3n) is 5.47. The Morgan fingerprint density at radius 2 is 1.03 bits per heavy atom. The summed E-state index contributed by atoms with van der Waals surface area (Å²) in [7, 11) is -6.75. The van der Waals surface area contributed by atoms with E-state index in [2.05, 4.69) is 2.55 Å². The average molecular weight is 646 g/mol. The number of fused-ring (bicyclic) bond motifs is 3. The van der Waals surface area contributed by atoms with Crippen LogP contribution in [0.25, 0.3) is 11.1 Å². The van der Waals surface area contributed by atoms with E-state index in [0.29, 0.717) is 12.1 Å². The van der Waals surface area contributed by atoms with E-state index in [1.54, 1.807) is 0 Å². The Bertz CT molecular complexity index is 1230. The summed E-state index contributed by atoms with van der Waals surface area (Å²) in [5.41, 5.74) is -10.00. The fourth-order valence-electron chi connectivity index (χ4n) is 3.81. The number of halogens is 8. The van der Waals surface area contributed by atoms with Gasteiger partial charge in [-0.2, -0.15) is 0 Å². The molecule has 0 saturated heterocycles. The van der Waals surface area contributed by atoms with Gasteiger partial charge in [0.1, 0.15) is 0 Å². The van der Waals surface area contributed by atoms with Crippen LogP contribution in [0.15, 0.2) is 24.3 Å². The molecule has 0 bridgehead atoms. The van der Waals surface area contributed by atoms with E-state index in [1.165, 1.54) is 41.5 Å². The second-order valence-corrected chi connectivity index (χ2v) is 19.8. The molecule has 0 amide bonds. The number of hydrogen-bond acceptors (Lipinski definition) is 3. The molecule has 196 valence electrons. The van der Waals surface area contributed by atoms with Crippen molar-refractivity contribution >= 4 is 35.9 Å². The third kappa shape index (κ3) is 4.47. The van der Waals surface area contributed by atoms with E-state index in [0.717, 1.165) is 12.1 Å². The van der Waals surface area contributed by atoms with Crippen LogP contribution in [0.4, 0.5) is 35.1 Å². The molecule has 0 N–H and O–H groups in total. The summed E-state index contributed by atoms with van der Waals surface area (Å²) in [6, 6.07) is 2.79. The maximum atomic E-state index is 15.0. The molecule has 35 heavy (non-hydrogen) atoms. The minimum absolute atomic E-state index is 0.284. The van der Waals surface area contributed by atoms with Gasteiger partial charge >= 0.3 is 202 Å². The molecule has 13 heteroatoms. The van der Waals surface area contributed by atoms with Gasteiger partial charge in [0.2, 0.25) is 0 Å². The van der Waals surface area contributed by atoms with Crippen LogP contribution in [-0.2, 0) is 23.5 Å². The van der Waals surface area contributed by atoms with E-state index < -0.39 is 79.3 Å². The Morgan fingerprint density at radius 1 is 0.686 bits per heavy atom. The zero-order chi connectivity index (χ0) is 27.2. The van der Waals surface area contributed by atoms with Crippen molar-refractivity contribution in [3.05, 3.63) is 47.0 Å². The summed E-state index contributed by atoms with van der Waals surface area (Å²) < 4.78 is 135. The second-order valence-electron chi connectivity index (χ2n) is 10.1. The van der Waals surface area contributed by atoms with Gasteiger partial charge in [-0.05, 0) is 0 Å². The van der Waals surface area contributed by atoms with E-state index in [1.807, 2.05) is 0 Å².